The average Bonchev–Trinajstić information content (AvgIpc) is 3.45. The molecule has 2 aromatic carbocycles. The first-order valence-electron chi connectivity index (χ1n) is 12.4. The number of rotatable bonds is 7. The molecule has 8 heteroatoms. The molecule has 0 aliphatic carbocycles. The summed E-state index contributed by atoms with van der Waals surface area (Å²) in [7, 11) is 1.57. The van der Waals surface area contributed by atoms with E-state index in [-0.39, 0.29) is 17.6 Å². The third-order valence-corrected chi connectivity index (χ3v) is 7.30. The number of nitrogens with zero attached hydrogens (tertiary/aromatic N) is 2. The second-order valence-corrected chi connectivity index (χ2v) is 10.1. The summed E-state index contributed by atoms with van der Waals surface area (Å²) in [6.07, 6.45) is 0.176. The SMILES string of the molecule is COC(N)[C@@]1(C)COc2c1cc(C(C)CNC(=O)c1ccc3c(c1)CC(C)=N3)nc2-c1ccc(F)cc1. The van der Waals surface area contributed by atoms with Crippen LogP contribution < -0.4 is 15.8 Å². The fourth-order valence-electron chi connectivity index (χ4n) is 4.93. The lowest BCUT2D eigenvalue weighted by molar-refractivity contribution is 0.0339. The van der Waals surface area contributed by atoms with Crippen LogP contribution in [0.2, 0.25) is 0 Å². The van der Waals surface area contributed by atoms with E-state index in [4.69, 9.17) is 20.2 Å². The molecule has 3 aromatic rings. The van der Waals surface area contributed by atoms with E-state index < -0.39 is 11.6 Å². The molecule has 0 saturated carbocycles. The Morgan fingerprint density at radius 1 is 1.24 bits per heavy atom. The highest BCUT2D eigenvalue weighted by Gasteiger charge is 2.44. The first-order valence-corrected chi connectivity index (χ1v) is 12.4. The van der Waals surface area contributed by atoms with E-state index in [9.17, 15) is 9.18 Å². The van der Waals surface area contributed by atoms with E-state index >= 15 is 0 Å². The standard InChI is InChI=1S/C29H31FN4O3/c1-16(14-32-27(35)19-7-10-23-20(12-19)11-17(2)33-23)24-13-22-26(37-15-29(22,3)28(31)36-4)25(34-24)18-5-8-21(30)9-6-18/h5-10,12-13,16,28H,11,14-15,31H2,1-4H3,(H,32,35)/t16?,28?,29-/m0/s1. The van der Waals surface area contributed by atoms with Gasteiger partial charge in [-0.3, -0.25) is 9.79 Å². The molecule has 3 N–H and O–H groups in total. The van der Waals surface area contributed by atoms with Crippen LogP contribution in [0, 0.1) is 5.82 Å². The fraction of sp³-hybridized carbons (Fsp3) is 0.345. The number of benzene rings is 2. The first-order chi connectivity index (χ1) is 17.7. The predicted molar refractivity (Wildman–Crippen MR) is 141 cm³/mol. The summed E-state index contributed by atoms with van der Waals surface area (Å²) in [5, 5.41) is 3.04. The van der Waals surface area contributed by atoms with Crippen LogP contribution in [0.1, 0.15) is 53.9 Å². The van der Waals surface area contributed by atoms with Crippen LogP contribution in [0.3, 0.4) is 0 Å². The van der Waals surface area contributed by atoms with Crippen LogP contribution >= 0.6 is 0 Å². The Labute approximate surface area is 215 Å². The maximum Gasteiger partial charge on any atom is 0.251 e. The molecule has 192 valence electrons. The number of nitrogens with two attached hydrogens (primary N) is 1. The normalized spacial score (nSPS) is 19.5. The van der Waals surface area contributed by atoms with Crippen LogP contribution in [0.5, 0.6) is 5.75 Å². The average molecular weight is 503 g/mol. The Bertz CT molecular complexity index is 1390. The van der Waals surface area contributed by atoms with Gasteiger partial charge >= 0.3 is 0 Å². The summed E-state index contributed by atoms with van der Waals surface area (Å²) < 4.78 is 25.2. The highest BCUT2D eigenvalue weighted by Crippen LogP contribution is 2.46. The van der Waals surface area contributed by atoms with E-state index in [1.54, 1.807) is 25.3 Å². The van der Waals surface area contributed by atoms with Crippen LogP contribution in [0.15, 0.2) is 53.5 Å². The predicted octanol–water partition coefficient (Wildman–Crippen LogP) is 4.65. The van der Waals surface area contributed by atoms with Gasteiger partial charge < -0.3 is 20.5 Å². The minimum Gasteiger partial charge on any atom is -0.490 e. The molecule has 2 aliphatic rings. The van der Waals surface area contributed by atoms with E-state index in [1.807, 2.05) is 39.0 Å². The highest BCUT2D eigenvalue weighted by molar-refractivity contribution is 5.97. The molecule has 0 bridgehead atoms. The quantitative estimate of drug-likeness (QED) is 0.458. The Hall–Kier alpha value is -3.62. The topological polar surface area (TPSA) is 98.8 Å². The molecule has 0 saturated heterocycles. The smallest absolute Gasteiger partial charge is 0.251 e. The molecule has 2 unspecified atom stereocenters. The molecule has 5 rings (SSSR count). The number of carbonyl (C=O) groups excluding carboxylic acids is 1. The van der Waals surface area contributed by atoms with Gasteiger partial charge in [-0.1, -0.05) is 6.92 Å². The number of hydrogen-bond acceptors (Lipinski definition) is 6. The summed E-state index contributed by atoms with van der Waals surface area (Å²) in [5.74, 6) is 0.0380. The molecule has 0 spiro atoms. The second-order valence-electron chi connectivity index (χ2n) is 10.1. The molecule has 3 heterocycles. The number of methoxy groups -OCH3 is 1. The Balaban J connectivity index is 1.42. The van der Waals surface area contributed by atoms with Gasteiger partial charge in [0.05, 0.1) is 11.1 Å². The van der Waals surface area contributed by atoms with Crippen molar-refractivity contribution in [2.75, 3.05) is 20.3 Å². The van der Waals surface area contributed by atoms with E-state index in [2.05, 4.69) is 10.3 Å². The molecular formula is C29H31FN4O3. The van der Waals surface area contributed by atoms with Crippen molar-refractivity contribution >= 4 is 17.3 Å². The van der Waals surface area contributed by atoms with Crippen molar-refractivity contribution in [1.82, 2.24) is 10.3 Å². The van der Waals surface area contributed by atoms with Crippen molar-refractivity contribution in [1.29, 1.82) is 0 Å². The van der Waals surface area contributed by atoms with Crippen LogP contribution in [0.25, 0.3) is 11.3 Å². The van der Waals surface area contributed by atoms with Gasteiger partial charge in [0.2, 0.25) is 0 Å². The fourth-order valence-corrected chi connectivity index (χ4v) is 4.93. The zero-order chi connectivity index (χ0) is 26.3. The molecule has 2 aliphatic heterocycles. The Kier molecular flexibility index (Phi) is 6.56. The maximum atomic E-state index is 13.6. The molecule has 1 aromatic heterocycles. The van der Waals surface area contributed by atoms with Crippen molar-refractivity contribution in [3.63, 3.8) is 0 Å². The van der Waals surface area contributed by atoms with Crippen LogP contribution in [-0.2, 0) is 16.6 Å². The minimum absolute atomic E-state index is 0.114. The molecule has 3 atom stereocenters. The summed E-state index contributed by atoms with van der Waals surface area (Å²) in [5.41, 5.74) is 12.4. The number of hydrogen-bond donors (Lipinski definition) is 2. The van der Waals surface area contributed by atoms with Gasteiger partial charge in [0.15, 0.2) is 0 Å². The third kappa shape index (κ3) is 4.63. The van der Waals surface area contributed by atoms with E-state index in [0.717, 1.165) is 40.2 Å². The van der Waals surface area contributed by atoms with Gasteiger partial charge in [0.1, 0.15) is 30.1 Å². The highest BCUT2D eigenvalue weighted by atomic mass is 19.1. The van der Waals surface area contributed by atoms with Gasteiger partial charge in [0.25, 0.3) is 5.91 Å². The zero-order valence-corrected chi connectivity index (χ0v) is 21.5. The molecule has 7 nitrogen and oxygen atoms in total. The number of amides is 1. The van der Waals surface area contributed by atoms with Crippen molar-refractivity contribution < 1.29 is 18.7 Å². The maximum absolute atomic E-state index is 13.6. The molecular weight excluding hydrogens is 471 g/mol. The van der Waals surface area contributed by atoms with Crippen molar-refractivity contribution in [3.05, 3.63) is 76.7 Å². The monoisotopic (exact) mass is 502 g/mol. The largest absolute Gasteiger partial charge is 0.490 e. The number of carbonyl (C=O) groups is 1. The first kappa shape index (κ1) is 25.0. The van der Waals surface area contributed by atoms with Gasteiger partial charge in [0, 0.05) is 54.1 Å². The van der Waals surface area contributed by atoms with Crippen molar-refractivity contribution in [2.45, 2.75) is 44.8 Å². The zero-order valence-electron chi connectivity index (χ0n) is 21.5. The lowest BCUT2D eigenvalue weighted by Gasteiger charge is -2.29. The summed E-state index contributed by atoms with van der Waals surface area (Å²) >= 11 is 0. The summed E-state index contributed by atoms with van der Waals surface area (Å²) in [4.78, 5) is 22.3. The molecule has 37 heavy (non-hydrogen) atoms. The van der Waals surface area contributed by atoms with Gasteiger partial charge in [-0.2, -0.15) is 0 Å². The minimum atomic E-state index is -0.593. The summed E-state index contributed by atoms with van der Waals surface area (Å²) in [6, 6.07) is 13.8. The van der Waals surface area contributed by atoms with E-state index in [0.29, 0.717) is 30.2 Å². The number of fused-ring (bicyclic) bond motifs is 2. The molecule has 0 fully saturated rings. The lowest BCUT2D eigenvalue weighted by Crippen LogP contribution is -2.45. The van der Waals surface area contributed by atoms with Gasteiger partial charge in [-0.15, -0.1) is 0 Å². The Morgan fingerprint density at radius 3 is 2.73 bits per heavy atom. The number of pyridine rings is 1. The van der Waals surface area contributed by atoms with Crippen LogP contribution in [-0.4, -0.2) is 43.1 Å². The number of halogens is 1. The second kappa shape index (κ2) is 9.68. The number of aromatic nitrogens is 1. The molecule has 1 amide bonds. The number of nitrogens with one attached hydrogen (secondary N) is 1. The van der Waals surface area contributed by atoms with Crippen LogP contribution in [0.4, 0.5) is 10.1 Å². The molecule has 0 radical (unpaired) electrons. The number of ether oxygens (including phenoxy) is 2. The third-order valence-electron chi connectivity index (χ3n) is 7.30. The van der Waals surface area contributed by atoms with E-state index in [1.165, 1.54) is 12.1 Å². The summed E-state index contributed by atoms with van der Waals surface area (Å²) in [6.45, 7) is 6.71. The van der Waals surface area contributed by atoms with Crippen molar-refractivity contribution in [3.8, 4) is 17.0 Å². The lowest BCUT2D eigenvalue weighted by atomic mass is 9.81. The van der Waals surface area contributed by atoms with Gasteiger partial charge in [-0.25, -0.2) is 9.37 Å². The van der Waals surface area contributed by atoms with Gasteiger partial charge in [-0.05, 0) is 67.9 Å². The number of aliphatic imine (C=N–C) groups is 1. The Morgan fingerprint density at radius 2 is 2.00 bits per heavy atom. The van der Waals surface area contributed by atoms with Crippen molar-refractivity contribution in [2.24, 2.45) is 10.7 Å².